The number of nitrogens with one attached hydrogen (secondary N) is 2. The van der Waals surface area contributed by atoms with Gasteiger partial charge in [0, 0.05) is 17.6 Å². The van der Waals surface area contributed by atoms with Crippen molar-refractivity contribution in [2.75, 3.05) is 17.2 Å². The van der Waals surface area contributed by atoms with E-state index in [1.165, 1.54) is 0 Å². The van der Waals surface area contributed by atoms with Crippen molar-refractivity contribution >= 4 is 28.6 Å². The van der Waals surface area contributed by atoms with Crippen LogP contribution in [0, 0.1) is 0 Å². The summed E-state index contributed by atoms with van der Waals surface area (Å²) in [5, 5.41) is 10.0. The van der Waals surface area contributed by atoms with E-state index >= 15 is 0 Å². The van der Waals surface area contributed by atoms with E-state index in [1.54, 1.807) is 11.3 Å². The minimum atomic E-state index is -0.0763. The van der Waals surface area contributed by atoms with Gasteiger partial charge in [-0.15, -0.1) is 0 Å². The van der Waals surface area contributed by atoms with Crippen molar-refractivity contribution in [2.45, 2.75) is 13.3 Å². The van der Waals surface area contributed by atoms with Crippen molar-refractivity contribution in [2.24, 2.45) is 0 Å². The van der Waals surface area contributed by atoms with E-state index in [-0.39, 0.29) is 5.91 Å². The van der Waals surface area contributed by atoms with E-state index in [9.17, 15) is 4.79 Å². The number of anilines is 2. The van der Waals surface area contributed by atoms with Crippen LogP contribution in [0.1, 0.15) is 23.7 Å². The molecule has 2 rings (SSSR count). The molecule has 0 spiro atoms. The molecule has 1 aromatic heterocycles. The van der Waals surface area contributed by atoms with Gasteiger partial charge >= 0.3 is 0 Å². The molecule has 2 N–H and O–H groups in total. The summed E-state index contributed by atoms with van der Waals surface area (Å²) < 4.78 is 0. The van der Waals surface area contributed by atoms with Crippen LogP contribution in [0.3, 0.4) is 0 Å². The quantitative estimate of drug-likeness (QED) is 0.858. The molecule has 0 bridgehead atoms. The van der Waals surface area contributed by atoms with Crippen LogP contribution in [0.25, 0.3) is 0 Å². The number of hydrogen-bond donors (Lipinski definition) is 2. The minimum Gasteiger partial charge on any atom is -0.384 e. The number of thiophene rings is 1. The molecule has 94 valence electrons. The van der Waals surface area contributed by atoms with Crippen molar-refractivity contribution < 1.29 is 4.79 Å². The minimum absolute atomic E-state index is 0.0763. The Labute approximate surface area is 111 Å². The van der Waals surface area contributed by atoms with Gasteiger partial charge in [0.15, 0.2) is 0 Å². The van der Waals surface area contributed by atoms with Gasteiger partial charge in [-0.2, -0.15) is 11.3 Å². The van der Waals surface area contributed by atoms with E-state index in [0.29, 0.717) is 5.56 Å². The third-order valence-electron chi connectivity index (χ3n) is 2.52. The lowest BCUT2D eigenvalue weighted by Crippen LogP contribution is -2.14. The first-order valence-corrected chi connectivity index (χ1v) is 6.92. The highest BCUT2D eigenvalue weighted by Gasteiger charge is 2.10. The van der Waals surface area contributed by atoms with E-state index in [2.05, 4.69) is 17.6 Å². The predicted octanol–water partition coefficient (Wildman–Crippen LogP) is 3.82. The van der Waals surface area contributed by atoms with Crippen LogP contribution in [-0.2, 0) is 0 Å². The third-order valence-corrected chi connectivity index (χ3v) is 3.20. The lowest BCUT2D eigenvalue weighted by atomic mass is 10.1. The van der Waals surface area contributed by atoms with Crippen LogP contribution >= 0.6 is 11.3 Å². The summed E-state index contributed by atoms with van der Waals surface area (Å²) >= 11 is 1.56. The SMILES string of the molecule is CCCNc1ccccc1C(=O)Nc1ccsc1. The van der Waals surface area contributed by atoms with Crippen LogP contribution in [-0.4, -0.2) is 12.5 Å². The van der Waals surface area contributed by atoms with Gasteiger partial charge in [-0.1, -0.05) is 19.1 Å². The summed E-state index contributed by atoms with van der Waals surface area (Å²) in [6, 6.07) is 9.46. The summed E-state index contributed by atoms with van der Waals surface area (Å²) in [4.78, 5) is 12.1. The van der Waals surface area contributed by atoms with Gasteiger partial charge in [0.25, 0.3) is 5.91 Å². The first-order valence-electron chi connectivity index (χ1n) is 5.97. The molecule has 1 amide bonds. The molecule has 1 aromatic carbocycles. The Balaban J connectivity index is 2.13. The van der Waals surface area contributed by atoms with E-state index in [4.69, 9.17) is 0 Å². The molecule has 0 aliphatic rings. The van der Waals surface area contributed by atoms with Crippen molar-refractivity contribution in [3.63, 3.8) is 0 Å². The van der Waals surface area contributed by atoms with Gasteiger partial charge in [0.2, 0.25) is 0 Å². The molecule has 0 aliphatic heterocycles. The van der Waals surface area contributed by atoms with Crippen LogP contribution < -0.4 is 10.6 Å². The number of rotatable bonds is 5. The second-order valence-electron chi connectivity index (χ2n) is 3.94. The summed E-state index contributed by atoms with van der Waals surface area (Å²) in [5.41, 5.74) is 2.40. The Morgan fingerprint density at radius 2 is 2.11 bits per heavy atom. The van der Waals surface area contributed by atoms with Crippen LogP contribution in [0.2, 0.25) is 0 Å². The normalized spacial score (nSPS) is 10.1. The first-order chi connectivity index (χ1) is 8.81. The van der Waals surface area contributed by atoms with Crippen molar-refractivity contribution in [3.05, 3.63) is 46.7 Å². The third kappa shape index (κ3) is 3.11. The molecule has 0 saturated carbocycles. The fourth-order valence-corrected chi connectivity index (χ4v) is 2.22. The molecule has 1 heterocycles. The summed E-state index contributed by atoms with van der Waals surface area (Å²) in [6.07, 6.45) is 1.03. The fourth-order valence-electron chi connectivity index (χ4n) is 1.63. The Morgan fingerprint density at radius 1 is 1.28 bits per heavy atom. The molecule has 0 aliphatic carbocycles. The zero-order chi connectivity index (χ0) is 12.8. The van der Waals surface area contributed by atoms with Crippen molar-refractivity contribution in [1.29, 1.82) is 0 Å². The molecule has 2 aromatic rings. The fraction of sp³-hybridized carbons (Fsp3) is 0.214. The van der Waals surface area contributed by atoms with Gasteiger partial charge < -0.3 is 10.6 Å². The predicted molar refractivity (Wildman–Crippen MR) is 77.5 cm³/mol. The van der Waals surface area contributed by atoms with Crippen LogP contribution in [0.15, 0.2) is 41.1 Å². The number of benzene rings is 1. The number of hydrogen-bond acceptors (Lipinski definition) is 3. The molecule has 4 heteroatoms. The summed E-state index contributed by atoms with van der Waals surface area (Å²) in [6.45, 7) is 2.96. The molecule has 18 heavy (non-hydrogen) atoms. The average molecular weight is 260 g/mol. The van der Waals surface area contributed by atoms with Crippen molar-refractivity contribution in [3.8, 4) is 0 Å². The smallest absolute Gasteiger partial charge is 0.257 e. The van der Waals surface area contributed by atoms with Gasteiger partial charge in [0.05, 0.1) is 11.3 Å². The molecule has 0 unspecified atom stereocenters. The number of para-hydroxylation sites is 1. The molecule has 0 saturated heterocycles. The highest BCUT2D eigenvalue weighted by molar-refractivity contribution is 7.08. The Morgan fingerprint density at radius 3 is 2.83 bits per heavy atom. The van der Waals surface area contributed by atoms with E-state index in [1.807, 2.05) is 41.1 Å². The second kappa shape index (κ2) is 6.21. The highest BCUT2D eigenvalue weighted by atomic mass is 32.1. The Kier molecular flexibility index (Phi) is 4.36. The van der Waals surface area contributed by atoms with E-state index < -0.39 is 0 Å². The van der Waals surface area contributed by atoms with Gasteiger partial charge in [-0.05, 0) is 30.0 Å². The van der Waals surface area contributed by atoms with Gasteiger partial charge in [0.1, 0.15) is 0 Å². The van der Waals surface area contributed by atoms with Crippen LogP contribution in [0.4, 0.5) is 11.4 Å². The lowest BCUT2D eigenvalue weighted by Gasteiger charge is -2.10. The maximum atomic E-state index is 12.1. The Hall–Kier alpha value is -1.81. The lowest BCUT2D eigenvalue weighted by molar-refractivity contribution is 0.102. The molecule has 0 radical (unpaired) electrons. The summed E-state index contributed by atoms with van der Waals surface area (Å²) in [5.74, 6) is -0.0763. The number of carbonyl (C=O) groups excluding carboxylic acids is 1. The molecule has 0 atom stereocenters. The van der Waals surface area contributed by atoms with E-state index in [0.717, 1.165) is 24.3 Å². The molecule has 0 fully saturated rings. The summed E-state index contributed by atoms with van der Waals surface area (Å²) in [7, 11) is 0. The zero-order valence-electron chi connectivity index (χ0n) is 10.3. The van der Waals surface area contributed by atoms with Crippen molar-refractivity contribution in [1.82, 2.24) is 0 Å². The molecule has 3 nitrogen and oxygen atoms in total. The number of carbonyl (C=O) groups is 1. The maximum Gasteiger partial charge on any atom is 0.257 e. The Bertz CT molecular complexity index is 508. The molecular formula is C14H16N2OS. The van der Waals surface area contributed by atoms with Gasteiger partial charge in [-0.25, -0.2) is 0 Å². The number of amides is 1. The van der Waals surface area contributed by atoms with Crippen LogP contribution in [0.5, 0.6) is 0 Å². The first kappa shape index (κ1) is 12.6. The largest absolute Gasteiger partial charge is 0.384 e. The molecular weight excluding hydrogens is 244 g/mol. The zero-order valence-corrected chi connectivity index (χ0v) is 11.1. The maximum absolute atomic E-state index is 12.1. The highest BCUT2D eigenvalue weighted by Crippen LogP contribution is 2.18. The van der Waals surface area contributed by atoms with Gasteiger partial charge in [-0.3, -0.25) is 4.79 Å². The second-order valence-corrected chi connectivity index (χ2v) is 4.72. The average Bonchev–Trinajstić information content (AvgIpc) is 2.89. The standard InChI is InChI=1S/C14H16N2OS/c1-2-8-15-13-6-4-3-5-12(13)14(17)16-11-7-9-18-10-11/h3-7,9-10,15H,2,8H2,1H3,(H,16,17). The topological polar surface area (TPSA) is 41.1 Å². The monoisotopic (exact) mass is 260 g/mol.